The van der Waals surface area contributed by atoms with Crippen LogP contribution < -0.4 is 4.90 Å². The molecule has 0 bridgehead atoms. The van der Waals surface area contributed by atoms with Crippen molar-refractivity contribution in [2.24, 2.45) is 0 Å². The molecule has 0 N–H and O–H groups in total. The van der Waals surface area contributed by atoms with Gasteiger partial charge in [-0.15, -0.1) is 0 Å². The average molecular weight is 956 g/mol. The molecule has 0 aromatic heterocycles. The minimum atomic E-state index is -0.471. The number of anilines is 3. The predicted octanol–water partition coefficient (Wildman–Crippen LogP) is 19.6. The number of hydrogen-bond donors (Lipinski definition) is 0. The lowest BCUT2D eigenvalue weighted by molar-refractivity contribution is 0.662. The van der Waals surface area contributed by atoms with Gasteiger partial charge in [0.25, 0.3) is 0 Å². The summed E-state index contributed by atoms with van der Waals surface area (Å²) in [5, 5.41) is 2.49. The molecule has 0 unspecified atom stereocenters. The highest BCUT2D eigenvalue weighted by Gasteiger charge is 2.46. The molecule has 75 heavy (non-hydrogen) atoms. The van der Waals surface area contributed by atoms with Gasteiger partial charge in [-0.25, -0.2) is 0 Å². The second-order valence-corrected chi connectivity index (χ2v) is 20.7. The predicted molar refractivity (Wildman–Crippen MR) is 315 cm³/mol. The molecule has 0 fully saturated rings. The van der Waals surface area contributed by atoms with E-state index in [1.807, 2.05) is 0 Å². The van der Waals surface area contributed by atoms with Crippen LogP contribution >= 0.6 is 0 Å². The SMILES string of the molecule is CC1(C)c2ccccc2-c2cccc(-c3ccc(N(c4ccc(-c5ccc6c(c5)C(c5ccccc5)(c5ccccc5)c5ccccc5-6)cc4)c4ccccc4-c4cccc(-c5cccc6ccccc56)c4)cc3)c21. The van der Waals surface area contributed by atoms with E-state index in [0.29, 0.717) is 0 Å². The van der Waals surface area contributed by atoms with Crippen LogP contribution in [0.3, 0.4) is 0 Å². The van der Waals surface area contributed by atoms with Crippen LogP contribution in [0.4, 0.5) is 17.1 Å². The first kappa shape index (κ1) is 44.4. The standard InChI is InChI=1S/C74H53N/c1-73(2)68-35-14-11-31-65(68)67-34-19-33-63(72(67)73)52-40-45-59(46-41-52)75(71-37-16-13-29-62(71)55-23-17-22-54(48-55)61-32-18-21-51-20-9-10-28-60(51)61)58-43-38-50(39-44-58)53-42-47-66-64-30-12-15-36-69(64)74(70(66)49-53,56-24-5-3-6-25-56)57-26-7-4-8-27-57/h3-49H,1-2H3. The smallest absolute Gasteiger partial charge is 0.0713 e. The summed E-state index contributed by atoms with van der Waals surface area (Å²) in [5.74, 6) is 0. The van der Waals surface area contributed by atoms with E-state index in [4.69, 9.17) is 0 Å². The monoisotopic (exact) mass is 955 g/mol. The summed E-state index contributed by atoms with van der Waals surface area (Å²) < 4.78 is 0. The molecule has 0 aliphatic heterocycles. The highest BCUT2D eigenvalue weighted by molar-refractivity contribution is 5.98. The Hall–Kier alpha value is -9.30. The summed E-state index contributed by atoms with van der Waals surface area (Å²) in [4.78, 5) is 2.44. The first-order valence-electron chi connectivity index (χ1n) is 26.2. The first-order valence-corrected chi connectivity index (χ1v) is 26.2. The van der Waals surface area contributed by atoms with E-state index in [9.17, 15) is 0 Å². The molecule has 1 heteroatoms. The van der Waals surface area contributed by atoms with Crippen LogP contribution in [-0.2, 0) is 10.8 Å². The Morgan fingerprint density at radius 2 is 0.760 bits per heavy atom. The first-order chi connectivity index (χ1) is 37.0. The third kappa shape index (κ3) is 7.07. The van der Waals surface area contributed by atoms with Crippen LogP contribution in [0.1, 0.15) is 47.2 Å². The molecule has 0 saturated carbocycles. The zero-order valence-corrected chi connectivity index (χ0v) is 42.1. The molecule has 0 amide bonds. The van der Waals surface area contributed by atoms with Crippen LogP contribution in [0.2, 0.25) is 0 Å². The van der Waals surface area contributed by atoms with Crippen molar-refractivity contribution >= 4 is 27.8 Å². The molecule has 0 spiro atoms. The fourth-order valence-corrected chi connectivity index (χ4v) is 13.0. The Labute approximate surface area is 440 Å². The zero-order valence-electron chi connectivity index (χ0n) is 42.1. The summed E-state index contributed by atoms with van der Waals surface area (Å²) in [5.41, 5.74) is 25.4. The largest absolute Gasteiger partial charge is 0.310 e. The minimum Gasteiger partial charge on any atom is -0.310 e. The maximum atomic E-state index is 2.46. The van der Waals surface area contributed by atoms with E-state index in [-0.39, 0.29) is 5.41 Å². The summed E-state index contributed by atoms with van der Waals surface area (Å²) in [6.45, 7) is 4.75. The summed E-state index contributed by atoms with van der Waals surface area (Å²) in [6, 6.07) is 106. The molecule has 12 aromatic carbocycles. The number of nitrogens with zero attached hydrogens (tertiary/aromatic N) is 1. The highest BCUT2D eigenvalue weighted by atomic mass is 15.1. The van der Waals surface area contributed by atoms with Crippen molar-refractivity contribution in [3.8, 4) is 66.8 Å². The molecule has 2 aliphatic rings. The van der Waals surface area contributed by atoms with E-state index in [1.165, 1.54) is 99.8 Å². The quantitative estimate of drug-likeness (QED) is 0.139. The number of fused-ring (bicyclic) bond motifs is 7. The molecule has 14 rings (SSSR count). The molecule has 0 atom stereocenters. The van der Waals surface area contributed by atoms with Gasteiger partial charge in [0.15, 0.2) is 0 Å². The maximum Gasteiger partial charge on any atom is 0.0713 e. The minimum absolute atomic E-state index is 0.123. The Balaban J connectivity index is 0.901. The topological polar surface area (TPSA) is 3.24 Å². The second-order valence-electron chi connectivity index (χ2n) is 20.7. The summed E-state index contributed by atoms with van der Waals surface area (Å²) in [7, 11) is 0. The van der Waals surface area contributed by atoms with Gasteiger partial charge in [0.2, 0.25) is 0 Å². The van der Waals surface area contributed by atoms with E-state index >= 15 is 0 Å². The van der Waals surface area contributed by atoms with Crippen molar-refractivity contribution in [3.05, 3.63) is 318 Å². The van der Waals surface area contributed by atoms with Crippen LogP contribution in [-0.4, -0.2) is 0 Å². The fraction of sp³-hybridized carbons (Fsp3) is 0.0541. The molecule has 354 valence electrons. The van der Waals surface area contributed by atoms with Crippen molar-refractivity contribution in [1.82, 2.24) is 0 Å². The van der Waals surface area contributed by atoms with Crippen molar-refractivity contribution in [3.63, 3.8) is 0 Å². The van der Waals surface area contributed by atoms with Crippen molar-refractivity contribution < 1.29 is 0 Å². The third-order valence-corrected chi connectivity index (χ3v) is 16.4. The maximum absolute atomic E-state index is 2.46. The molecule has 12 aromatic rings. The van der Waals surface area contributed by atoms with Crippen LogP contribution in [0.5, 0.6) is 0 Å². The molecular weight excluding hydrogens is 903 g/mol. The van der Waals surface area contributed by atoms with E-state index in [0.717, 1.165) is 28.2 Å². The van der Waals surface area contributed by atoms with Crippen LogP contribution in [0.15, 0.2) is 285 Å². The number of benzene rings is 12. The lowest BCUT2D eigenvalue weighted by atomic mass is 9.67. The van der Waals surface area contributed by atoms with E-state index < -0.39 is 5.41 Å². The molecule has 1 nitrogen and oxygen atoms in total. The van der Waals surface area contributed by atoms with Gasteiger partial charge in [-0.1, -0.05) is 257 Å². The van der Waals surface area contributed by atoms with Gasteiger partial charge in [-0.05, 0) is 148 Å². The number of rotatable bonds is 9. The molecular formula is C74H53N. The number of hydrogen-bond acceptors (Lipinski definition) is 1. The van der Waals surface area contributed by atoms with Crippen LogP contribution in [0.25, 0.3) is 77.5 Å². The zero-order chi connectivity index (χ0) is 50.1. The van der Waals surface area contributed by atoms with E-state index in [1.54, 1.807) is 0 Å². The van der Waals surface area contributed by atoms with Gasteiger partial charge in [0.1, 0.15) is 0 Å². The van der Waals surface area contributed by atoms with Gasteiger partial charge < -0.3 is 4.90 Å². The van der Waals surface area contributed by atoms with Crippen molar-refractivity contribution in [1.29, 1.82) is 0 Å². The lowest BCUT2D eigenvalue weighted by Crippen LogP contribution is -2.28. The summed E-state index contributed by atoms with van der Waals surface area (Å²) >= 11 is 0. The van der Waals surface area contributed by atoms with Crippen molar-refractivity contribution in [2.45, 2.75) is 24.7 Å². The Kier molecular flexibility index (Phi) is 10.5. The Morgan fingerprint density at radius 3 is 1.48 bits per heavy atom. The Morgan fingerprint density at radius 1 is 0.280 bits per heavy atom. The molecule has 2 aliphatic carbocycles. The molecule has 0 saturated heterocycles. The highest BCUT2D eigenvalue weighted by Crippen LogP contribution is 2.57. The van der Waals surface area contributed by atoms with Gasteiger partial charge in [-0.2, -0.15) is 0 Å². The normalized spacial score (nSPS) is 13.4. The number of para-hydroxylation sites is 1. The van der Waals surface area contributed by atoms with Gasteiger partial charge in [-0.3, -0.25) is 0 Å². The lowest BCUT2D eigenvalue weighted by Gasteiger charge is -2.34. The summed E-state index contributed by atoms with van der Waals surface area (Å²) in [6.07, 6.45) is 0. The fourth-order valence-electron chi connectivity index (χ4n) is 13.0. The second kappa shape index (κ2) is 17.7. The van der Waals surface area contributed by atoms with Crippen molar-refractivity contribution in [2.75, 3.05) is 4.90 Å². The third-order valence-electron chi connectivity index (χ3n) is 16.4. The Bertz CT molecular complexity index is 4080. The van der Waals surface area contributed by atoms with Gasteiger partial charge in [0, 0.05) is 22.4 Å². The molecule has 0 radical (unpaired) electrons. The van der Waals surface area contributed by atoms with Crippen LogP contribution in [0, 0.1) is 0 Å². The van der Waals surface area contributed by atoms with E-state index in [2.05, 4.69) is 304 Å². The van der Waals surface area contributed by atoms with Gasteiger partial charge >= 0.3 is 0 Å². The van der Waals surface area contributed by atoms with Gasteiger partial charge in [0.05, 0.1) is 11.1 Å². The average Bonchev–Trinajstić information content (AvgIpc) is 3.96. The molecule has 0 heterocycles.